The zero-order valence-electron chi connectivity index (χ0n) is 11.7. The Labute approximate surface area is 109 Å². The number of nitrogens with zero attached hydrogens (tertiary/aromatic N) is 2. The van der Waals surface area contributed by atoms with Crippen LogP contribution >= 0.6 is 0 Å². The van der Waals surface area contributed by atoms with Crippen molar-refractivity contribution in [2.75, 3.05) is 32.7 Å². The number of hydrogen-bond acceptors (Lipinski definition) is 4. The van der Waals surface area contributed by atoms with Crippen LogP contribution in [0.1, 0.15) is 33.6 Å². The van der Waals surface area contributed by atoms with Crippen LogP contribution < -0.4 is 5.73 Å². The molecule has 0 spiro atoms. The molecule has 0 radical (unpaired) electrons. The molecule has 1 aliphatic heterocycles. The summed E-state index contributed by atoms with van der Waals surface area (Å²) in [5.74, 6) is 0.0297. The number of ketones is 1. The van der Waals surface area contributed by atoms with Crippen LogP contribution in [0.2, 0.25) is 0 Å². The summed E-state index contributed by atoms with van der Waals surface area (Å²) >= 11 is 0. The van der Waals surface area contributed by atoms with Gasteiger partial charge >= 0.3 is 0 Å². The third-order valence-electron chi connectivity index (χ3n) is 3.43. The van der Waals surface area contributed by atoms with Crippen molar-refractivity contribution in [3.05, 3.63) is 0 Å². The first kappa shape index (κ1) is 15.1. The van der Waals surface area contributed by atoms with Crippen LogP contribution in [0.5, 0.6) is 0 Å². The Morgan fingerprint density at radius 1 is 1.06 bits per heavy atom. The van der Waals surface area contributed by atoms with Crippen molar-refractivity contribution < 1.29 is 9.59 Å². The van der Waals surface area contributed by atoms with Crippen molar-refractivity contribution in [2.45, 2.75) is 39.2 Å². The van der Waals surface area contributed by atoms with E-state index in [9.17, 15) is 9.59 Å². The number of piperazine rings is 1. The van der Waals surface area contributed by atoms with Crippen LogP contribution in [0, 0.1) is 0 Å². The lowest BCUT2D eigenvalue weighted by atomic mass is 10.0. The predicted octanol–water partition coefficient (Wildman–Crippen LogP) is 0.237. The van der Waals surface area contributed by atoms with E-state index in [0.29, 0.717) is 6.42 Å². The highest BCUT2D eigenvalue weighted by molar-refractivity contribution is 5.86. The van der Waals surface area contributed by atoms with Gasteiger partial charge in [-0.2, -0.15) is 0 Å². The average Bonchev–Trinajstić information content (AvgIpc) is 2.34. The van der Waals surface area contributed by atoms with E-state index >= 15 is 0 Å². The Hall–Kier alpha value is -0.940. The fourth-order valence-electron chi connectivity index (χ4n) is 2.13. The lowest BCUT2D eigenvalue weighted by Gasteiger charge is -2.42. The Balaban J connectivity index is 2.34. The lowest BCUT2D eigenvalue weighted by Crippen LogP contribution is -2.54. The largest absolute Gasteiger partial charge is 0.340 e. The number of carbonyl (C=O) groups is 2. The maximum absolute atomic E-state index is 11.9. The van der Waals surface area contributed by atoms with E-state index in [2.05, 4.69) is 25.7 Å². The molecule has 2 N–H and O–H groups in total. The minimum Gasteiger partial charge on any atom is -0.340 e. The van der Waals surface area contributed by atoms with Gasteiger partial charge in [0.1, 0.15) is 5.78 Å². The van der Waals surface area contributed by atoms with E-state index < -0.39 is 0 Å². The van der Waals surface area contributed by atoms with Gasteiger partial charge in [0, 0.05) is 44.6 Å². The zero-order chi connectivity index (χ0) is 13.8. The van der Waals surface area contributed by atoms with Crippen LogP contribution in [0.3, 0.4) is 0 Å². The quantitative estimate of drug-likeness (QED) is 0.781. The standard InChI is InChI=1S/C13H25N3O2/c1-13(2,3)16-8-6-15(7-9-16)12(18)5-4-11(17)10-14/h4-10,14H2,1-3H3. The molecule has 5 nitrogen and oxygen atoms in total. The Kier molecular flexibility index (Phi) is 5.28. The first-order valence-electron chi connectivity index (χ1n) is 6.59. The highest BCUT2D eigenvalue weighted by atomic mass is 16.2. The summed E-state index contributed by atoms with van der Waals surface area (Å²) in [4.78, 5) is 27.2. The van der Waals surface area contributed by atoms with E-state index in [-0.39, 0.29) is 30.2 Å². The predicted molar refractivity (Wildman–Crippen MR) is 71.2 cm³/mol. The minimum atomic E-state index is -0.0447. The smallest absolute Gasteiger partial charge is 0.223 e. The molecule has 104 valence electrons. The molecular formula is C13H25N3O2. The topological polar surface area (TPSA) is 66.6 Å². The number of nitrogens with two attached hydrogens (primary N) is 1. The molecule has 1 aliphatic rings. The van der Waals surface area contributed by atoms with E-state index in [0.717, 1.165) is 26.2 Å². The molecule has 1 saturated heterocycles. The van der Waals surface area contributed by atoms with Crippen LogP contribution in [-0.4, -0.2) is 59.8 Å². The second-order valence-electron chi connectivity index (χ2n) is 5.78. The summed E-state index contributed by atoms with van der Waals surface area (Å²) in [6.07, 6.45) is 0.570. The lowest BCUT2D eigenvalue weighted by molar-refractivity contribution is -0.135. The fraction of sp³-hybridized carbons (Fsp3) is 0.846. The second kappa shape index (κ2) is 6.29. The van der Waals surface area contributed by atoms with Gasteiger partial charge in [0.15, 0.2) is 0 Å². The number of rotatable bonds is 4. The molecule has 0 aliphatic carbocycles. The summed E-state index contributed by atoms with van der Waals surface area (Å²) in [6.45, 7) is 9.91. The molecule has 0 aromatic heterocycles. The van der Waals surface area contributed by atoms with Crippen LogP contribution in [0.25, 0.3) is 0 Å². The molecule has 5 heteroatoms. The highest BCUT2D eigenvalue weighted by Gasteiger charge is 2.27. The van der Waals surface area contributed by atoms with Gasteiger partial charge in [0.05, 0.1) is 6.54 Å². The van der Waals surface area contributed by atoms with Crippen molar-refractivity contribution in [3.8, 4) is 0 Å². The van der Waals surface area contributed by atoms with Crippen molar-refractivity contribution in [3.63, 3.8) is 0 Å². The Bertz CT molecular complexity index is 302. The van der Waals surface area contributed by atoms with Crippen LogP contribution in [0.15, 0.2) is 0 Å². The molecule has 1 heterocycles. The number of carbonyl (C=O) groups excluding carboxylic acids is 2. The Morgan fingerprint density at radius 3 is 2.06 bits per heavy atom. The summed E-state index contributed by atoms with van der Waals surface area (Å²) in [5, 5.41) is 0. The summed E-state index contributed by atoms with van der Waals surface area (Å²) in [5.41, 5.74) is 5.38. The van der Waals surface area contributed by atoms with Crippen molar-refractivity contribution in [1.82, 2.24) is 9.80 Å². The third-order valence-corrected chi connectivity index (χ3v) is 3.43. The molecule has 0 bridgehead atoms. The highest BCUT2D eigenvalue weighted by Crippen LogP contribution is 2.16. The fourth-order valence-corrected chi connectivity index (χ4v) is 2.13. The third kappa shape index (κ3) is 4.38. The van der Waals surface area contributed by atoms with Gasteiger partial charge in [-0.1, -0.05) is 0 Å². The van der Waals surface area contributed by atoms with Gasteiger partial charge in [0.25, 0.3) is 0 Å². The number of amides is 1. The first-order chi connectivity index (χ1) is 8.34. The molecule has 1 rings (SSSR count). The number of Topliss-reactive ketones (excluding diaryl/α,β-unsaturated/α-hetero) is 1. The molecule has 0 saturated carbocycles. The first-order valence-corrected chi connectivity index (χ1v) is 6.59. The van der Waals surface area contributed by atoms with Gasteiger partial charge in [-0.15, -0.1) is 0 Å². The molecule has 0 aromatic rings. The van der Waals surface area contributed by atoms with Gasteiger partial charge < -0.3 is 10.6 Å². The van der Waals surface area contributed by atoms with Crippen molar-refractivity contribution in [2.24, 2.45) is 5.73 Å². The van der Waals surface area contributed by atoms with Gasteiger partial charge in [-0.05, 0) is 20.8 Å². The van der Waals surface area contributed by atoms with Crippen molar-refractivity contribution >= 4 is 11.7 Å². The molecule has 1 amide bonds. The second-order valence-corrected chi connectivity index (χ2v) is 5.78. The van der Waals surface area contributed by atoms with Gasteiger partial charge in [0.2, 0.25) is 5.91 Å². The van der Waals surface area contributed by atoms with E-state index in [1.54, 1.807) is 0 Å². The average molecular weight is 255 g/mol. The van der Waals surface area contributed by atoms with E-state index in [1.807, 2.05) is 4.90 Å². The zero-order valence-corrected chi connectivity index (χ0v) is 11.7. The van der Waals surface area contributed by atoms with Crippen LogP contribution in [0.4, 0.5) is 0 Å². The molecule has 1 fully saturated rings. The van der Waals surface area contributed by atoms with E-state index in [1.165, 1.54) is 0 Å². The van der Waals surface area contributed by atoms with E-state index in [4.69, 9.17) is 5.73 Å². The monoisotopic (exact) mass is 255 g/mol. The SMILES string of the molecule is CC(C)(C)N1CCN(C(=O)CCC(=O)CN)CC1. The minimum absolute atomic E-state index is 0.0328. The maximum atomic E-state index is 11.9. The molecule has 0 aromatic carbocycles. The molecule has 18 heavy (non-hydrogen) atoms. The van der Waals surface area contributed by atoms with Crippen molar-refractivity contribution in [1.29, 1.82) is 0 Å². The Morgan fingerprint density at radius 2 is 1.61 bits per heavy atom. The molecular weight excluding hydrogens is 230 g/mol. The number of hydrogen-bond donors (Lipinski definition) is 1. The summed E-state index contributed by atoms with van der Waals surface area (Å²) in [6, 6.07) is 0. The summed E-state index contributed by atoms with van der Waals surface area (Å²) in [7, 11) is 0. The maximum Gasteiger partial charge on any atom is 0.223 e. The van der Waals surface area contributed by atoms with Gasteiger partial charge in [-0.25, -0.2) is 0 Å². The molecule has 0 unspecified atom stereocenters. The van der Waals surface area contributed by atoms with Crippen LogP contribution in [-0.2, 0) is 9.59 Å². The molecule has 0 atom stereocenters. The normalized spacial score (nSPS) is 17.9. The van der Waals surface area contributed by atoms with Gasteiger partial charge in [-0.3, -0.25) is 14.5 Å². The summed E-state index contributed by atoms with van der Waals surface area (Å²) < 4.78 is 0.